The first kappa shape index (κ1) is 14.8. The van der Waals surface area contributed by atoms with Crippen LogP contribution in [0.15, 0.2) is 0 Å². The molecule has 1 heterocycles. The predicted molar refractivity (Wildman–Crippen MR) is 61.6 cm³/mol. The molecule has 1 aliphatic rings. The molecule has 1 saturated heterocycles. The Hall–Kier alpha value is -0.240. The summed E-state index contributed by atoms with van der Waals surface area (Å²) in [7, 11) is 0. The molecule has 1 fully saturated rings. The molecule has 1 aliphatic heterocycles. The Bertz CT molecular complexity index is 181. The maximum atomic E-state index is 9.55. The summed E-state index contributed by atoms with van der Waals surface area (Å²) in [4.78, 5) is 0. The summed E-state index contributed by atoms with van der Waals surface area (Å²) >= 11 is 0. The van der Waals surface area contributed by atoms with Crippen LogP contribution in [0.4, 0.5) is 0 Å². The van der Waals surface area contributed by atoms with Crippen LogP contribution < -0.4 is 5.73 Å². The summed E-state index contributed by atoms with van der Waals surface area (Å²) in [6.07, 6.45) is 0.603. The predicted octanol–water partition coefficient (Wildman–Crippen LogP) is -0.508. The summed E-state index contributed by atoms with van der Waals surface area (Å²) in [5.41, 5.74) is 5.26. The van der Waals surface area contributed by atoms with E-state index >= 15 is 0 Å². The van der Waals surface area contributed by atoms with Gasteiger partial charge in [-0.25, -0.2) is 0 Å². The molecular formula is C11H23NO5. The lowest BCUT2D eigenvalue weighted by Crippen LogP contribution is -2.36. The van der Waals surface area contributed by atoms with E-state index in [1.807, 2.05) is 0 Å². The van der Waals surface area contributed by atoms with Crippen LogP contribution in [0.3, 0.4) is 0 Å². The Labute approximate surface area is 102 Å². The van der Waals surface area contributed by atoms with Gasteiger partial charge in [-0.1, -0.05) is 0 Å². The quantitative estimate of drug-likeness (QED) is 0.536. The molecule has 17 heavy (non-hydrogen) atoms. The van der Waals surface area contributed by atoms with Crippen LogP contribution in [0.1, 0.15) is 12.8 Å². The molecule has 3 N–H and O–H groups in total. The minimum atomic E-state index is -0.517. The van der Waals surface area contributed by atoms with Crippen molar-refractivity contribution < 1.29 is 24.1 Å². The maximum Gasteiger partial charge on any atom is 0.183 e. The molecule has 0 radical (unpaired) electrons. The molecule has 0 spiro atoms. The van der Waals surface area contributed by atoms with Gasteiger partial charge in [-0.15, -0.1) is 0 Å². The summed E-state index contributed by atoms with van der Waals surface area (Å²) in [6, 6.07) is 0. The largest absolute Gasteiger partial charge is 0.388 e. The molecule has 0 aromatic rings. The average Bonchev–Trinajstić information content (AvgIpc) is 2.35. The lowest BCUT2D eigenvalue weighted by atomic mass is 10.1. The molecule has 1 rings (SSSR count). The molecule has 2 unspecified atom stereocenters. The van der Waals surface area contributed by atoms with Crippen molar-refractivity contribution in [3.8, 4) is 0 Å². The average molecular weight is 249 g/mol. The van der Waals surface area contributed by atoms with Crippen molar-refractivity contribution in [2.24, 2.45) is 5.73 Å². The van der Waals surface area contributed by atoms with Gasteiger partial charge in [0.05, 0.1) is 33.0 Å². The fraction of sp³-hybridized carbons (Fsp3) is 1.00. The molecule has 0 saturated carbocycles. The minimum absolute atomic E-state index is 0.415. The van der Waals surface area contributed by atoms with Crippen LogP contribution in [0.5, 0.6) is 0 Å². The Morgan fingerprint density at radius 2 is 1.82 bits per heavy atom. The molecule has 0 amide bonds. The summed E-state index contributed by atoms with van der Waals surface area (Å²) in [5.74, 6) is 0. The monoisotopic (exact) mass is 249 g/mol. The van der Waals surface area contributed by atoms with Gasteiger partial charge in [-0.2, -0.15) is 0 Å². The number of rotatable bonds is 9. The zero-order chi connectivity index (χ0) is 12.3. The maximum absolute atomic E-state index is 9.55. The van der Waals surface area contributed by atoms with E-state index < -0.39 is 12.4 Å². The molecule has 0 bridgehead atoms. The highest BCUT2D eigenvalue weighted by atomic mass is 16.7. The molecular weight excluding hydrogens is 226 g/mol. The first-order chi connectivity index (χ1) is 8.34. The highest BCUT2D eigenvalue weighted by Crippen LogP contribution is 2.14. The van der Waals surface area contributed by atoms with Crippen LogP contribution in [0.2, 0.25) is 0 Å². The fourth-order valence-electron chi connectivity index (χ4n) is 1.53. The third-order valence-electron chi connectivity index (χ3n) is 2.38. The van der Waals surface area contributed by atoms with Crippen molar-refractivity contribution in [1.82, 2.24) is 0 Å². The fourth-order valence-corrected chi connectivity index (χ4v) is 1.53. The van der Waals surface area contributed by atoms with Crippen LogP contribution >= 0.6 is 0 Å². The zero-order valence-corrected chi connectivity index (χ0v) is 10.2. The number of aliphatic hydroxyl groups excluding tert-OH is 1. The van der Waals surface area contributed by atoms with Crippen LogP contribution in [-0.4, -0.2) is 63.7 Å². The van der Waals surface area contributed by atoms with E-state index in [9.17, 15) is 5.11 Å². The lowest BCUT2D eigenvalue weighted by molar-refractivity contribution is -0.218. The van der Waals surface area contributed by atoms with E-state index in [0.29, 0.717) is 46.2 Å². The van der Waals surface area contributed by atoms with Gasteiger partial charge in [0, 0.05) is 13.2 Å². The van der Waals surface area contributed by atoms with Crippen molar-refractivity contribution in [2.75, 3.05) is 46.2 Å². The molecule has 2 atom stereocenters. The SMILES string of the molecule is NCCOCCOCCOC1OCCCC1O. The molecule has 6 nitrogen and oxygen atoms in total. The number of ether oxygens (including phenoxy) is 4. The van der Waals surface area contributed by atoms with Gasteiger partial charge in [0.2, 0.25) is 0 Å². The smallest absolute Gasteiger partial charge is 0.183 e. The molecule has 0 aliphatic carbocycles. The van der Waals surface area contributed by atoms with Gasteiger partial charge in [-0.3, -0.25) is 0 Å². The van der Waals surface area contributed by atoms with Crippen LogP contribution in [-0.2, 0) is 18.9 Å². The van der Waals surface area contributed by atoms with Crippen molar-refractivity contribution in [1.29, 1.82) is 0 Å². The Balaban J connectivity index is 1.86. The first-order valence-electron chi connectivity index (χ1n) is 6.11. The third kappa shape index (κ3) is 6.92. The topological polar surface area (TPSA) is 83.2 Å². The van der Waals surface area contributed by atoms with Gasteiger partial charge in [0.25, 0.3) is 0 Å². The van der Waals surface area contributed by atoms with Gasteiger partial charge < -0.3 is 29.8 Å². The molecule has 0 aromatic carbocycles. The van der Waals surface area contributed by atoms with Gasteiger partial charge in [0.15, 0.2) is 6.29 Å². The summed E-state index contributed by atoms with van der Waals surface area (Å²) in [5, 5.41) is 9.55. The van der Waals surface area contributed by atoms with E-state index in [1.54, 1.807) is 0 Å². The van der Waals surface area contributed by atoms with E-state index in [2.05, 4.69) is 0 Å². The number of nitrogens with two attached hydrogens (primary N) is 1. The van der Waals surface area contributed by atoms with Crippen molar-refractivity contribution in [2.45, 2.75) is 25.2 Å². The van der Waals surface area contributed by atoms with Gasteiger partial charge in [0.1, 0.15) is 6.10 Å². The first-order valence-corrected chi connectivity index (χ1v) is 6.11. The summed E-state index contributed by atoms with van der Waals surface area (Å²) < 4.78 is 21.1. The zero-order valence-electron chi connectivity index (χ0n) is 10.2. The van der Waals surface area contributed by atoms with E-state index in [-0.39, 0.29) is 0 Å². The van der Waals surface area contributed by atoms with Gasteiger partial charge >= 0.3 is 0 Å². The number of hydrogen-bond donors (Lipinski definition) is 2. The van der Waals surface area contributed by atoms with E-state index in [1.165, 1.54) is 0 Å². The van der Waals surface area contributed by atoms with Crippen molar-refractivity contribution in [3.05, 3.63) is 0 Å². The van der Waals surface area contributed by atoms with E-state index in [4.69, 9.17) is 24.7 Å². The minimum Gasteiger partial charge on any atom is -0.388 e. The standard InChI is InChI=1S/C11H23NO5/c12-3-5-14-6-7-15-8-9-17-11-10(13)2-1-4-16-11/h10-11,13H,1-9,12H2. The highest BCUT2D eigenvalue weighted by Gasteiger charge is 2.23. The Kier molecular flexibility index (Phi) is 8.50. The second-order valence-electron chi connectivity index (χ2n) is 3.83. The molecule has 102 valence electrons. The number of aliphatic hydroxyl groups is 1. The van der Waals surface area contributed by atoms with Crippen LogP contribution in [0.25, 0.3) is 0 Å². The molecule has 0 aromatic heterocycles. The number of hydrogen-bond acceptors (Lipinski definition) is 6. The van der Waals surface area contributed by atoms with Crippen molar-refractivity contribution >= 4 is 0 Å². The second-order valence-corrected chi connectivity index (χ2v) is 3.83. The Morgan fingerprint density at radius 3 is 2.53 bits per heavy atom. The lowest BCUT2D eigenvalue weighted by Gasteiger charge is -2.27. The van der Waals surface area contributed by atoms with Gasteiger partial charge in [-0.05, 0) is 12.8 Å². The normalized spacial score (nSPS) is 25.1. The van der Waals surface area contributed by atoms with Crippen molar-refractivity contribution in [3.63, 3.8) is 0 Å². The molecule has 6 heteroatoms. The van der Waals surface area contributed by atoms with E-state index in [0.717, 1.165) is 12.8 Å². The summed E-state index contributed by atoms with van der Waals surface area (Å²) in [6.45, 7) is 3.69. The second kappa shape index (κ2) is 9.76. The highest BCUT2D eigenvalue weighted by molar-refractivity contribution is 4.65. The van der Waals surface area contributed by atoms with Crippen LogP contribution in [0, 0.1) is 0 Å². The Morgan fingerprint density at radius 1 is 1.12 bits per heavy atom. The third-order valence-corrected chi connectivity index (χ3v) is 2.38.